The average Bonchev–Trinajstić information content (AvgIpc) is 3.33. The molecule has 3 aromatic rings. The Morgan fingerprint density at radius 1 is 1.15 bits per heavy atom. The molecular weight excluding hydrogens is 449 g/mol. The van der Waals surface area contributed by atoms with Crippen molar-refractivity contribution in [3.63, 3.8) is 0 Å². The second-order valence-electron chi connectivity index (χ2n) is 6.49. The van der Waals surface area contributed by atoms with E-state index in [0.29, 0.717) is 0 Å². The smallest absolute Gasteiger partial charge is 0.198 e. The maximum Gasteiger partial charge on any atom is 0.198 e. The van der Waals surface area contributed by atoms with Crippen molar-refractivity contribution in [1.82, 2.24) is 14.9 Å². The molecule has 0 atom stereocenters. The van der Waals surface area contributed by atoms with Crippen molar-refractivity contribution in [2.24, 2.45) is 4.99 Å². The number of hydrogen-bond acceptors (Lipinski definition) is 2. The van der Waals surface area contributed by atoms with E-state index in [1.54, 1.807) is 0 Å². The lowest BCUT2D eigenvalue weighted by atomic mass is 10.1. The Labute approximate surface area is 177 Å². The van der Waals surface area contributed by atoms with Crippen LogP contribution in [-0.2, 0) is 19.5 Å². The zero-order chi connectivity index (χ0) is 17.8. The Hall–Kier alpha value is -2.35. The van der Waals surface area contributed by atoms with Gasteiger partial charge in [-0.2, -0.15) is 0 Å². The minimum absolute atomic E-state index is 0. The van der Waals surface area contributed by atoms with E-state index in [-0.39, 0.29) is 24.0 Å². The maximum atomic E-state index is 4.49. The molecule has 1 N–H and O–H groups in total. The molecule has 2 heterocycles. The van der Waals surface area contributed by atoms with Gasteiger partial charge in [0.25, 0.3) is 0 Å². The third-order valence-electron chi connectivity index (χ3n) is 4.72. The number of nitrogens with zero attached hydrogens (tertiary/aromatic N) is 4. The first-order valence-corrected chi connectivity index (χ1v) is 8.93. The molecular formula is C21H24IN5. The van der Waals surface area contributed by atoms with Gasteiger partial charge in [0, 0.05) is 44.8 Å². The average molecular weight is 473 g/mol. The summed E-state index contributed by atoms with van der Waals surface area (Å²) in [5, 5.41) is 3.51. The molecule has 0 bridgehead atoms. The van der Waals surface area contributed by atoms with E-state index in [4.69, 9.17) is 0 Å². The first-order valence-electron chi connectivity index (χ1n) is 8.93. The summed E-state index contributed by atoms with van der Waals surface area (Å²) in [5.74, 6) is 0.926. The predicted molar refractivity (Wildman–Crippen MR) is 121 cm³/mol. The van der Waals surface area contributed by atoms with Crippen LogP contribution in [0.4, 0.5) is 5.69 Å². The summed E-state index contributed by atoms with van der Waals surface area (Å²) in [6.07, 6.45) is 6.70. The highest BCUT2D eigenvalue weighted by Gasteiger charge is 2.22. The summed E-state index contributed by atoms with van der Waals surface area (Å²) in [6, 6.07) is 17.2. The number of imidazole rings is 1. The third kappa shape index (κ3) is 4.50. The molecule has 0 saturated carbocycles. The first-order chi connectivity index (χ1) is 12.8. The zero-order valence-electron chi connectivity index (χ0n) is 15.4. The van der Waals surface area contributed by atoms with Gasteiger partial charge in [0.05, 0.1) is 6.33 Å². The summed E-state index contributed by atoms with van der Waals surface area (Å²) in [7, 11) is 1.85. The van der Waals surface area contributed by atoms with E-state index in [9.17, 15) is 0 Å². The van der Waals surface area contributed by atoms with Crippen LogP contribution in [0.15, 0.2) is 72.2 Å². The number of para-hydroxylation sites is 1. The van der Waals surface area contributed by atoms with E-state index in [0.717, 1.165) is 32.0 Å². The number of guanidine groups is 1. The molecule has 0 spiro atoms. The van der Waals surface area contributed by atoms with Gasteiger partial charge in [0.15, 0.2) is 5.96 Å². The highest BCUT2D eigenvalue weighted by molar-refractivity contribution is 14.0. The fraction of sp³-hybridized carbons (Fsp3) is 0.238. The minimum Gasteiger partial charge on any atom is -0.352 e. The lowest BCUT2D eigenvalue weighted by Gasteiger charge is -2.22. The molecule has 0 aliphatic carbocycles. The Kier molecular flexibility index (Phi) is 6.49. The molecule has 5 nitrogen and oxygen atoms in total. The number of hydrogen-bond donors (Lipinski definition) is 1. The van der Waals surface area contributed by atoms with E-state index in [1.165, 1.54) is 22.4 Å². The fourth-order valence-electron chi connectivity index (χ4n) is 3.46. The highest BCUT2D eigenvalue weighted by Crippen LogP contribution is 2.27. The number of nitrogens with one attached hydrogen (secondary N) is 1. The minimum atomic E-state index is 0. The van der Waals surface area contributed by atoms with Crippen LogP contribution in [0.2, 0.25) is 0 Å². The zero-order valence-corrected chi connectivity index (χ0v) is 17.7. The Balaban J connectivity index is 0.00000210. The van der Waals surface area contributed by atoms with Gasteiger partial charge in [-0.3, -0.25) is 4.99 Å². The third-order valence-corrected chi connectivity index (χ3v) is 4.72. The van der Waals surface area contributed by atoms with Crippen molar-refractivity contribution < 1.29 is 0 Å². The van der Waals surface area contributed by atoms with Gasteiger partial charge in [0.2, 0.25) is 0 Å². The van der Waals surface area contributed by atoms with Gasteiger partial charge in [-0.05, 0) is 29.2 Å². The molecule has 4 rings (SSSR count). The van der Waals surface area contributed by atoms with Crippen molar-refractivity contribution in [3.8, 4) is 0 Å². The molecule has 0 saturated heterocycles. The van der Waals surface area contributed by atoms with Crippen molar-refractivity contribution in [2.75, 3.05) is 18.5 Å². The van der Waals surface area contributed by atoms with Gasteiger partial charge in [-0.25, -0.2) is 4.98 Å². The predicted octanol–water partition coefficient (Wildman–Crippen LogP) is 3.69. The van der Waals surface area contributed by atoms with Crippen LogP contribution < -0.4 is 10.2 Å². The van der Waals surface area contributed by atoms with Gasteiger partial charge in [-0.1, -0.05) is 42.5 Å². The molecule has 6 heteroatoms. The van der Waals surface area contributed by atoms with Gasteiger partial charge in [-0.15, -0.1) is 24.0 Å². The summed E-state index contributed by atoms with van der Waals surface area (Å²) < 4.78 is 2.08. The maximum absolute atomic E-state index is 4.49. The lowest BCUT2D eigenvalue weighted by Crippen LogP contribution is -2.40. The van der Waals surface area contributed by atoms with Gasteiger partial charge < -0.3 is 14.8 Å². The molecule has 0 amide bonds. The molecule has 1 aromatic heterocycles. The summed E-state index contributed by atoms with van der Waals surface area (Å²) in [4.78, 5) is 10.9. The van der Waals surface area contributed by atoms with Crippen LogP contribution in [0.25, 0.3) is 0 Å². The summed E-state index contributed by atoms with van der Waals surface area (Å²) in [6.45, 7) is 2.56. The van der Waals surface area contributed by atoms with Crippen LogP contribution in [0.1, 0.15) is 16.7 Å². The molecule has 0 radical (unpaired) electrons. The molecule has 0 fully saturated rings. The summed E-state index contributed by atoms with van der Waals surface area (Å²) >= 11 is 0. The standard InChI is InChI=1S/C21H23N5.HI/c1-22-21(26-11-9-19-7-2-3-8-20(19)26)24-14-17-5-4-6-18(13-17)15-25-12-10-23-16-25;/h2-8,10,12-13,16H,9,11,14-15H2,1H3,(H,22,24);1H. The number of rotatable bonds is 4. The SMILES string of the molecule is CN=C(NCc1cccc(Cn2ccnc2)c1)N1CCc2ccccc21.I. The fourth-order valence-corrected chi connectivity index (χ4v) is 3.46. The Morgan fingerprint density at radius 2 is 2.00 bits per heavy atom. The van der Waals surface area contributed by atoms with E-state index in [1.807, 2.05) is 25.8 Å². The Morgan fingerprint density at radius 3 is 2.81 bits per heavy atom. The number of fused-ring (bicyclic) bond motifs is 1. The number of anilines is 1. The largest absolute Gasteiger partial charge is 0.352 e. The second kappa shape index (κ2) is 9.03. The van der Waals surface area contributed by atoms with Crippen molar-refractivity contribution in [3.05, 3.63) is 83.9 Å². The van der Waals surface area contributed by atoms with Crippen LogP contribution in [-0.4, -0.2) is 29.1 Å². The van der Waals surface area contributed by atoms with Crippen LogP contribution in [0.3, 0.4) is 0 Å². The highest BCUT2D eigenvalue weighted by atomic mass is 127. The monoisotopic (exact) mass is 473 g/mol. The van der Waals surface area contributed by atoms with Gasteiger partial charge in [0.1, 0.15) is 0 Å². The topological polar surface area (TPSA) is 45.5 Å². The van der Waals surface area contributed by atoms with Crippen molar-refractivity contribution in [2.45, 2.75) is 19.5 Å². The van der Waals surface area contributed by atoms with E-state index >= 15 is 0 Å². The molecule has 27 heavy (non-hydrogen) atoms. The van der Waals surface area contributed by atoms with E-state index < -0.39 is 0 Å². The van der Waals surface area contributed by atoms with Crippen molar-refractivity contribution >= 4 is 35.6 Å². The lowest BCUT2D eigenvalue weighted by molar-refractivity contribution is 0.792. The normalized spacial score (nSPS) is 13.2. The van der Waals surface area contributed by atoms with Crippen LogP contribution in [0, 0.1) is 0 Å². The molecule has 0 unspecified atom stereocenters. The number of benzene rings is 2. The van der Waals surface area contributed by atoms with Crippen molar-refractivity contribution in [1.29, 1.82) is 0 Å². The summed E-state index contributed by atoms with van der Waals surface area (Å²) in [5.41, 5.74) is 5.16. The number of aliphatic imine (C=N–C) groups is 1. The first kappa shape index (κ1) is 19.4. The second-order valence-corrected chi connectivity index (χ2v) is 6.49. The molecule has 1 aliphatic heterocycles. The van der Waals surface area contributed by atoms with E-state index in [2.05, 4.69) is 73.3 Å². The number of aromatic nitrogens is 2. The Bertz CT molecular complexity index is 904. The number of halogens is 1. The van der Waals surface area contributed by atoms with Crippen LogP contribution >= 0.6 is 24.0 Å². The van der Waals surface area contributed by atoms with Crippen LogP contribution in [0.5, 0.6) is 0 Å². The quantitative estimate of drug-likeness (QED) is 0.357. The molecule has 1 aliphatic rings. The molecule has 140 valence electrons. The van der Waals surface area contributed by atoms with Gasteiger partial charge >= 0.3 is 0 Å². The molecule has 2 aromatic carbocycles.